The van der Waals surface area contributed by atoms with Gasteiger partial charge in [-0.2, -0.15) is 0 Å². The molecule has 0 aromatic carbocycles. The van der Waals surface area contributed by atoms with Gasteiger partial charge in [-0.05, 0) is 37.8 Å². The molecule has 13 heavy (non-hydrogen) atoms. The Morgan fingerprint density at radius 3 is 2.77 bits per heavy atom. The summed E-state index contributed by atoms with van der Waals surface area (Å²) in [4.78, 5) is 2.64. The summed E-state index contributed by atoms with van der Waals surface area (Å²) in [6, 6.07) is 0.800. The van der Waals surface area contributed by atoms with Gasteiger partial charge in [-0.3, -0.25) is 0 Å². The molecule has 2 nitrogen and oxygen atoms in total. The second-order valence-corrected chi connectivity index (χ2v) is 5.44. The van der Waals surface area contributed by atoms with Crippen LogP contribution in [0.4, 0.5) is 0 Å². The number of rotatable bonds is 2. The molecule has 0 spiro atoms. The van der Waals surface area contributed by atoms with Crippen LogP contribution in [0.1, 0.15) is 33.1 Å². The maximum atomic E-state index is 3.48. The van der Waals surface area contributed by atoms with E-state index in [9.17, 15) is 0 Å². The predicted octanol–water partition coefficient (Wildman–Crippen LogP) is 1.47. The Morgan fingerprint density at radius 2 is 2.23 bits per heavy atom. The van der Waals surface area contributed by atoms with E-state index in [0.29, 0.717) is 5.41 Å². The first-order valence-corrected chi connectivity index (χ1v) is 5.61. The van der Waals surface area contributed by atoms with Crippen LogP contribution < -0.4 is 5.32 Å². The Balaban J connectivity index is 1.78. The lowest BCUT2D eigenvalue weighted by atomic mass is 9.84. The lowest BCUT2D eigenvalue weighted by molar-refractivity contribution is 0.0977. The predicted molar refractivity (Wildman–Crippen MR) is 55.9 cm³/mol. The molecule has 0 radical (unpaired) electrons. The first-order valence-electron chi connectivity index (χ1n) is 5.61. The Kier molecular flexibility index (Phi) is 2.61. The second-order valence-electron chi connectivity index (χ2n) is 5.44. The second kappa shape index (κ2) is 3.58. The van der Waals surface area contributed by atoms with Crippen LogP contribution in [0.15, 0.2) is 0 Å². The molecule has 1 atom stereocenters. The van der Waals surface area contributed by atoms with Crippen LogP contribution in [0.3, 0.4) is 0 Å². The van der Waals surface area contributed by atoms with E-state index in [0.717, 1.165) is 6.04 Å². The van der Waals surface area contributed by atoms with Gasteiger partial charge in [0.15, 0.2) is 0 Å². The first-order chi connectivity index (χ1) is 6.16. The number of hydrogen-bond acceptors (Lipinski definition) is 2. The summed E-state index contributed by atoms with van der Waals surface area (Å²) in [6.07, 6.45) is 4.18. The van der Waals surface area contributed by atoms with Crippen molar-refractivity contribution < 1.29 is 0 Å². The molecule has 0 aromatic heterocycles. The van der Waals surface area contributed by atoms with Gasteiger partial charge in [-0.15, -0.1) is 0 Å². The monoisotopic (exact) mass is 182 g/mol. The van der Waals surface area contributed by atoms with Crippen LogP contribution in [0.5, 0.6) is 0 Å². The Morgan fingerprint density at radius 1 is 1.46 bits per heavy atom. The highest BCUT2D eigenvalue weighted by Crippen LogP contribution is 2.28. The van der Waals surface area contributed by atoms with Crippen molar-refractivity contribution in [3.05, 3.63) is 0 Å². The van der Waals surface area contributed by atoms with Crippen LogP contribution in [0.25, 0.3) is 0 Å². The minimum atomic E-state index is 0.558. The summed E-state index contributed by atoms with van der Waals surface area (Å²) in [5.74, 6) is 0. The van der Waals surface area contributed by atoms with Crippen LogP contribution in [0.2, 0.25) is 0 Å². The molecule has 0 saturated carbocycles. The fraction of sp³-hybridized carbons (Fsp3) is 1.00. The van der Waals surface area contributed by atoms with Gasteiger partial charge < -0.3 is 10.2 Å². The molecule has 0 amide bonds. The minimum Gasteiger partial charge on any atom is -0.313 e. The number of nitrogens with zero attached hydrogens (tertiary/aromatic N) is 1. The van der Waals surface area contributed by atoms with Crippen molar-refractivity contribution in [2.24, 2.45) is 5.41 Å². The summed E-state index contributed by atoms with van der Waals surface area (Å²) < 4.78 is 0. The molecule has 2 saturated heterocycles. The van der Waals surface area contributed by atoms with Crippen LogP contribution in [0, 0.1) is 5.41 Å². The standard InChI is InChI=1S/C11H22N2/c1-11(2)5-3-7-13(9-11)8-10-4-6-12-10/h10,12H,3-9H2,1-2H3. The molecular weight excluding hydrogens is 160 g/mol. The molecule has 2 fully saturated rings. The first kappa shape index (κ1) is 9.47. The fourth-order valence-electron chi connectivity index (χ4n) is 2.52. The van der Waals surface area contributed by atoms with Gasteiger partial charge >= 0.3 is 0 Å². The van der Waals surface area contributed by atoms with Gasteiger partial charge in [0, 0.05) is 19.1 Å². The summed E-state index contributed by atoms with van der Waals surface area (Å²) >= 11 is 0. The van der Waals surface area contributed by atoms with E-state index in [4.69, 9.17) is 0 Å². The molecule has 76 valence electrons. The van der Waals surface area contributed by atoms with Crippen molar-refractivity contribution in [2.75, 3.05) is 26.2 Å². The molecule has 0 aromatic rings. The summed E-state index contributed by atoms with van der Waals surface area (Å²) in [6.45, 7) is 9.93. The van der Waals surface area contributed by atoms with Crippen molar-refractivity contribution in [1.82, 2.24) is 10.2 Å². The number of likely N-dealkylation sites (tertiary alicyclic amines) is 1. The zero-order chi connectivity index (χ0) is 9.31. The normalized spacial score (nSPS) is 34.2. The van der Waals surface area contributed by atoms with Gasteiger partial charge in [0.2, 0.25) is 0 Å². The largest absolute Gasteiger partial charge is 0.313 e. The van der Waals surface area contributed by atoms with Gasteiger partial charge in [0.25, 0.3) is 0 Å². The van der Waals surface area contributed by atoms with Crippen molar-refractivity contribution in [2.45, 2.75) is 39.2 Å². The molecule has 2 heteroatoms. The van der Waals surface area contributed by atoms with Gasteiger partial charge in [-0.1, -0.05) is 13.8 Å². The van der Waals surface area contributed by atoms with Gasteiger partial charge in [-0.25, -0.2) is 0 Å². The molecule has 2 heterocycles. The maximum Gasteiger partial charge on any atom is 0.0207 e. The third kappa shape index (κ3) is 2.44. The van der Waals surface area contributed by atoms with Gasteiger partial charge in [0.1, 0.15) is 0 Å². The highest BCUT2D eigenvalue weighted by molar-refractivity contribution is 4.85. The van der Waals surface area contributed by atoms with Crippen LogP contribution in [-0.4, -0.2) is 37.1 Å². The summed E-state index contributed by atoms with van der Waals surface area (Å²) in [7, 11) is 0. The van der Waals surface area contributed by atoms with E-state index >= 15 is 0 Å². The molecule has 2 aliphatic heterocycles. The Labute approximate surface area is 81.7 Å². The third-order valence-corrected chi connectivity index (χ3v) is 3.38. The smallest absolute Gasteiger partial charge is 0.0207 e. The topological polar surface area (TPSA) is 15.3 Å². The minimum absolute atomic E-state index is 0.558. The zero-order valence-electron chi connectivity index (χ0n) is 8.97. The van der Waals surface area contributed by atoms with Crippen molar-refractivity contribution in [1.29, 1.82) is 0 Å². The van der Waals surface area contributed by atoms with E-state index < -0.39 is 0 Å². The zero-order valence-corrected chi connectivity index (χ0v) is 8.97. The third-order valence-electron chi connectivity index (χ3n) is 3.38. The Hall–Kier alpha value is -0.0800. The molecule has 0 aliphatic carbocycles. The van der Waals surface area contributed by atoms with Crippen molar-refractivity contribution in [3.8, 4) is 0 Å². The summed E-state index contributed by atoms with van der Waals surface area (Å²) in [5, 5.41) is 3.48. The molecular formula is C11H22N2. The fourth-order valence-corrected chi connectivity index (χ4v) is 2.52. The van der Waals surface area contributed by atoms with E-state index in [1.54, 1.807) is 0 Å². The average molecular weight is 182 g/mol. The van der Waals surface area contributed by atoms with E-state index in [-0.39, 0.29) is 0 Å². The lowest BCUT2D eigenvalue weighted by Gasteiger charge is -2.41. The highest BCUT2D eigenvalue weighted by Gasteiger charge is 2.28. The quantitative estimate of drug-likeness (QED) is 0.695. The number of nitrogens with one attached hydrogen (secondary N) is 1. The molecule has 0 bridgehead atoms. The number of piperidine rings is 1. The molecule has 1 N–H and O–H groups in total. The Bertz CT molecular complexity index is 173. The molecule has 2 aliphatic rings. The summed E-state index contributed by atoms with van der Waals surface area (Å²) in [5.41, 5.74) is 0.558. The van der Waals surface area contributed by atoms with Crippen molar-refractivity contribution >= 4 is 0 Å². The lowest BCUT2D eigenvalue weighted by Crippen LogP contribution is -2.53. The van der Waals surface area contributed by atoms with Crippen LogP contribution >= 0.6 is 0 Å². The van der Waals surface area contributed by atoms with E-state index in [1.807, 2.05) is 0 Å². The van der Waals surface area contributed by atoms with Crippen LogP contribution in [-0.2, 0) is 0 Å². The van der Waals surface area contributed by atoms with Crippen molar-refractivity contribution in [3.63, 3.8) is 0 Å². The van der Waals surface area contributed by atoms with E-state index in [1.165, 1.54) is 45.4 Å². The maximum absolute atomic E-state index is 3.48. The average Bonchev–Trinajstić information content (AvgIpc) is 1.95. The molecule has 1 unspecified atom stereocenters. The van der Waals surface area contributed by atoms with Gasteiger partial charge in [0.05, 0.1) is 0 Å². The van der Waals surface area contributed by atoms with E-state index in [2.05, 4.69) is 24.1 Å². The number of hydrogen-bond donors (Lipinski definition) is 1. The SMILES string of the molecule is CC1(C)CCCN(CC2CCN2)C1. The molecule has 2 rings (SSSR count). The highest BCUT2D eigenvalue weighted by atomic mass is 15.2.